The van der Waals surface area contributed by atoms with Crippen molar-refractivity contribution >= 4 is 34.5 Å². The lowest BCUT2D eigenvalue weighted by Crippen LogP contribution is -2.12. The third-order valence-electron chi connectivity index (χ3n) is 3.17. The normalized spacial score (nSPS) is 14.8. The number of aryl methyl sites for hydroxylation is 1. The number of hydrogen-bond acceptors (Lipinski definition) is 3. The van der Waals surface area contributed by atoms with E-state index in [-0.39, 0.29) is 5.38 Å². The van der Waals surface area contributed by atoms with Gasteiger partial charge in [0.15, 0.2) is 5.65 Å². The first-order chi connectivity index (χ1) is 9.06. The standard InChI is InChI=1S/C14H20ClN3S/c1-5-19-8-10(3)18-13(11(4)15)17-12-9(2)6-7-16-14(12)18/h6-7,10-11H,5,8H2,1-4H3. The number of alkyl halides is 1. The summed E-state index contributed by atoms with van der Waals surface area (Å²) in [4.78, 5) is 9.21. The number of halogens is 1. The van der Waals surface area contributed by atoms with Crippen LogP contribution in [0.5, 0.6) is 0 Å². The Morgan fingerprint density at radius 2 is 2.16 bits per heavy atom. The second kappa shape index (κ2) is 6.14. The number of imidazole rings is 1. The van der Waals surface area contributed by atoms with Gasteiger partial charge in [-0.3, -0.25) is 0 Å². The van der Waals surface area contributed by atoms with Crippen molar-refractivity contribution in [3.8, 4) is 0 Å². The van der Waals surface area contributed by atoms with Crippen molar-refractivity contribution in [3.05, 3.63) is 23.7 Å². The molecule has 0 aliphatic carbocycles. The van der Waals surface area contributed by atoms with Crippen LogP contribution in [0.15, 0.2) is 12.3 Å². The van der Waals surface area contributed by atoms with E-state index in [1.807, 2.05) is 30.9 Å². The van der Waals surface area contributed by atoms with Crippen LogP contribution in [-0.4, -0.2) is 26.0 Å². The van der Waals surface area contributed by atoms with E-state index in [0.717, 1.165) is 34.1 Å². The maximum atomic E-state index is 6.29. The van der Waals surface area contributed by atoms with Crippen molar-refractivity contribution in [3.63, 3.8) is 0 Å². The molecule has 3 nitrogen and oxygen atoms in total. The number of hydrogen-bond donors (Lipinski definition) is 0. The van der Waals surface area contributed by atoms with Gasteiger partial charge >= 0.3 is 0 Å². The van der Waals surface area contributed by atoms with E-state index in [4.69, 9.17) is 16.6 Å². The van der Waals surface area contributed by atoms with Gasteiger partial charge in [-0.15, -0.1) is 11.6 Å². The van der Waals surface area contributed by atoms with Gasteiger partial charge in [0.2, 0.25) is 0 Å². The van der Waals surface area contributed by atoms with Gasteiger partial charge in [0, 0.05) is 18.0 Å². The topological polar surface area (TPSA) is 30.7 Å². The third-order valence-corrected chi connectivity index (χ3v) is 4.49. The van der Waals surface area contributed by atoms with Crippen molar-refractivity contribution in [1.29, 1.82) is 0 Å². The molecule has 2 rings (SSSR count). The molecular weight excluding hydrogens is 278 g/mol. The quantitative estimate of drug-likeness (QED) is 0.769. The van der Waals surface area contributed by atoms with Gasteiger partial charge in [-0.1, -0.05) is 6.92 Å². The van der Waals surface area contributed by atoms with Crippen molar-refractivity contribution in [2.45, 2.75) is 39.1 Å². The molecule has 0 aliphatic rings. The second-order valence-corrected chi connectivity index (χ2v) is 6.74. The highest BCUT2D eigenvalue weighted by Gasteiger charge is 2.20. The summed E-state index contributed by atoms with van der Waals surface area (Å²) < 4.78 is 2.20. The van der Waals surface area contributed by atoms with Gasteiger partial charge in [-0.25, -0.2) is 9.97 Å². The zero-order chi connectivity index (χ0) is 14.0. The second-order valence-electron chi connectivity index (χ2n) is 4.76. The minimum Gasteiger partial charge on any atom is -0.308 e. The van der Waals surface area contributed by atoms with E-state index in [0.29, 0.717) is 6.04 Å². The predicted molar refractivity (Wildman–Crippen MR) is 84.2 cm³/mol. The zero-order valence-corrected chi connectivity index (χ0v) is 13.4. The van der Waals surface area contributed by atoms with E-state index in [2.05, 4.69) is 30.3 Å². The van der Waals surface area contributed by atoms with E-state index in [1.165, 1.54) is 0 Å². The summed E-state index contributed by atoms with van der Waals surface area (Å²) in [5.41, 5.74) is 3.07. The van der Waals surface area contributed by atoms with Crippen LogP contribution in [0.4, 0.5) is 0 Å². The van der Waals surface area contributed by atoms with Crippen LogP contribution in [0.2, 0.25) is 0 Å². The molecule has 0 aliphatic heterocycles. The Morgan fingerprint density at radius 1 is 1.42 bits per heavy atom. The van der Waals surface area contributed by atoms with Gasteiger partial charge in [0.1, 0.15) is 11.3 Å². The highest BCUT2D eigenvalue weighted by Crippen LogP contribution is 2.29. The van der Waals surface area contributed by atoms with Gasteiger partial charge < -0.3 is 4.57 Å². The number of nitrogens with zero attached hydrogens (tertiary/aromatic N) is 3. The first-order valence-corrected chi connectivity index (χ1v) is 8.20. The highest BCUT2D eigenvalue weighted by atomic mass is 35.5. The first kappa shape index (κ1) is 14.7. The van der Waals surface area contributed by atoms with Crippen LogP contribution < -0.4 is 0 Å². The zero-order valence-electron chi connectivity index (χ0n) is 11.9. The van der Waals surface area contributed by atoms with Crippen molar-refractivity contribution in [2.75, 3.05) is 11.5 Å². The molecule has 2 atom stereocenters. The lowest BCUT2D eigenvalue weighted by atomic mass is 10.2. The average Bonchev–Trinajstić information content (AvgIpc) is 2.77. The largest absolute Gasteiger partial charge is 0.308 e. The molecule has 2 unspecified atom stereocenters. The Hall–Kier alpha value is -0.740. The third kappa shape index (κ3) is 2.90. The van der Waals surface area contributed by atoms with E-state index < -0.39 is 0 Å². The van der Waals surface area contributed by atoms with Crippen LogP contribution >= 0.6 is 23.4 Å². The van der Waals surface area contributed by atoms with Gasteiger partial charge in [0.25, 0.3) is 0 Å². The fraction of sp³-hybridized carbons (Fsp3) is 0.571. The van der Waals surface area contributed by atoms with Crippen molar-refractivity contribution < 1.29 is 0 Å². The molecule has 0 aromatic carbocycles. The molecule has 0 N–H and O–H groups in total. The van der Waals surface area contributed by atoms with E-state index in [1.54, 1.807) is 0 Å². The molecule has 19 heavy (non-hydrogen) atoms. The molecule has 0 saturated carbocycles. The fourth-order valence-electron chi connectivity index (χ4n) is 2.21. The molecule has 0 fully saturated rings. The van der Waals surface area contributed by atoms with Gasteiger partial charge in [-0.05, 0) is 38.2 Å². The lowest BCUT2D eigenvalue weighted by molar-refractivity contribution is 0.588. The summed E-state index contributed by atoms with van der Waals surface area (Å²) in [5, 5.41) is -0.109. The molecule has 0 bridgehead atoms. The molecule has 2 aromatic heterocycles. The Balaban J connectivity index is 2.55. The Bertz CT molecular complexity index is 565. The number of thioether (sulfide) groups is 1. The number of fused-ring (bicyclic) bond motifs is 1. The molecular formula is C14H20ClN3S. The summed E-state index contributed by atoms with van der Waals surface area (Å²) in [7, 11) is 0. The maximum absolute atomic E-state index is 6.29. The van der Waals surface area contributed by atoms with E-state index >= 15 is 0 Å². The minimum atomic E-state index is -0.109. The minimum absolute atomic E-state index is 0.109. The summed E-state index contributed by atoms with van der Waals surface area (Å²) in [6.45, 7) is 8.41. The monoisotopic (exact) mass is 297 g/mol. The average molecular weight is 298 g/mol. The smallest absolute Gasteiger partial charge is 0.160 e. The van der Waals surface area contributed by atoms with Crippen molar-refractivity contribution in [2.24, 2.45) is 0 Å². The van der Waals surface area contributed by atoms with Crippen LogP contribution in [0, 0.1) is 6.92 Å². The summed E-state index contributed by atoms with van der Waals surface area (Å²) in [6, 6.07) is 2.34. The number of aromatic nitrogens is 3. The van der Waals surface area contributed by atoms with Crippen LogP contribution in [-0.2, 0) is 0 Å². The van der Waals surface area contributed by atoms with E-state index in [9.17, 15) is 0 Å². The number of pyridine rings is 1. The SMILES string of the molecule is CCSCC(C)n1c(C(C)Cl)nc2c(C)ccnc21. The lowest BCUT2D eigenvalue weighted by Gasteiger charge is -2.17. The highest BCUT2D eigenvalue weighted by molar-refractivity contribution is 7.99. The Kier molecular flexibility index (Phi) is 4.74. The first-order valence-electron chi connectivity index (χ1n) is 6.61. The Morgan fingerprint density at radius 3 is 2.79 bits per heavy atom. The fourth-order valence-corrected chi connectivity index (χ4v) is 3.09. The van der Waals surface area contributed by atoms with Gasteiger partial charge in [0.05, 0.1) is 5.38 Å². The summed E-state index contributed by atoms with van der Waals surface area (Å²) in [5.74, 6) is 3.09. The molecule has 2 aromatic rings. The predicted octanol–water partition coefficient (Wildman–Crippen LogP) is 4.35. The van der Waals surface area contributed by atoms with Gasteiger partial charge in [-0.2, -0.15) is 11.8 Å². The number of rotatable bonds is 5. The molecule has 0 saturated heterocycles. The summed E-state index contributed by atoms with van der Waals surface area (Å²) in [6.07, 6.45) is 1.85. The summed E-state index contributed by atoms with van der Waals surface area (Å²) >= 11 is 8.22. The maximum Gasteiger partial charge on any atom is 0.160 e. The molecule has 5 heteroatoms. The van der Waals surface area contributed by atoms with Crippen LogP contribution in [0.3, 0.4) is 0 Å². The molecule has 2 heterocycles. The molecule has 104 valence electrons. The van der Waals surface area contributed by atoms with Crippen LogP contribution in [0.25, 0.3) is 11.2 Å². The van der Waals surface area contributed by atoms with Crippen LogP contribution in [0.1, 0.15) is 43.6 Å². The molecule has 0 amide bonds. The Labute approximate surface area is 123 Å². The molecule has 0 radical (unpaired) electrons. The van der Waals surface area contributed by atoms with Crippen molar-refractivity contribution in [1.82, 2.24) is 14.5 Å². The molecule has 0 spiro atoms.